The minimum Gasteiger partial charge on any atom is -0.374 e. The lowest BCUT2D eigenvalue weighted by Gasteiger charge is -2.33. The number of benzene rings is 1. The normalized spacial score (nSPS) is 21.6. The molecule has 2 rings (SSSR count). The molecule has 0 bridgehead atoms. The van der Waals surface area contributed by atoms with E-state index in [1.165, 1.54) is 5.56 Å². The molecule has 0 radical (unpaired) electrons. The average Bonchev–Trinajstić information content (AvgIpc) is 2.38. The Labute approximate surface area is 104 Å². The first kappa shape index (κ1) is 12.6. The summed E-state index contributed by atoms with van der Waals surface area (Å²) in [4.78, 5) is 2.47. The summed E-state index contributed by atoms with van der Waals surface area (Å²) >= 11 is 0. The molecule has 1 fully saturated rings. The summed E-state index contributed by atoms with van der Waals surface area (Å²) in [5.74, 6) is 0. The van der Waals surface area contributed by atoms with Crippen molar-refractivity contribution in [2.24, 2.45) is 0 Å². The van der Waals surface area contributed by atoms with Crippen molar-refractivity contribution in [1.29, 1.82) is 0 Å². The molecule has 1 atom stereocenters. The van der Waals surface area contributed by atoms with Gasteiger partial charge in [-0.25, -0.2) is 0 Å². The highest BCUT2D eigenvalue weighted by Crippen LogP contribution is 2.09. The summed E-state index contributed by atoms with van der Waals surface area (Å²) in [6, 6.07) is 10.7. The predicted octanol–water partition coefficient (Wildman–Crippen LogP) is 1.50. The van der Waals surface area contributed by atoms with Crippen LogP contribution < -0.4 is 5.32 Å². The fourth-order valence-corrected chi connectivity index (χ4v) is 2.19. The molecule has 1 aliphatic rings. The van der Waals surface area contributed by atoms with E-state index in [2.05, 4.69) is 47.5 Å². The molecule has 0 spiro atoms. The van der Waals surface area contributed by atoms with Crippen LogP contribution in [0.4, 0.5) is 0 Å². The van der Waals surface area contributed by atoms with Gasteiger partial charge in [-0.2, -0.15) is 0 Å². The summed E-state index contributed by atoms with van der Waals surface area (Å²) in [5.41, 5.74) is 1.39. The lowest BCUT2D eigenvalue weighted by Crippen LogP contribution is -2.46. The van der Waals surface area contributed by atoms with Crippen LogP contribution in [0.2, 0.25) is 0 Å². The fourth-order valence-electron chi connectivity index (χ4n) is 2.19. The lowest BCUT2D eigenvalue weighted by molar-refractivity contribution is -0.0297. The van der Waals surface area contributed by atoms with Crippen LogP contribution in [0.1, 0.15) is 12.5 Å². The van der Waals surface area contributed by atoms with Gasteiger partial charge in [-0.3, -0.25) is 4.90 Å². The molecule has 0 aromatic heterocycles. The van der Waals surface area contributed by atoms with Crippen LogP contribution in [0, 0.1) is 0 Å². The molecule has 1 N–H and O–H groups in total. The number of rotatable bonds is 5. The van der Waals surface area contributed by atoms with Gasteiger partial charge < -0.3 is 10.1 Å². The van der Waals surface area contributed by atoms with Gasteiger partial charge in [0.25, 0.3) is 0 Å². The lowest BCUT2D eigenvalue weighted by atomic mass is 10.2. The second-order valence-corrected chi connectivity index (χ2v) is 4.52. The van der Waals surface area contributed by atoms with Crippen molar-refractivity contribution in [3.8, 4) is 0 Å². The molecule has 0 unspecified atom stereocenters. The van der Waals surface area contributed by atoms with E-state index in [9.17, 15) is 0 Å². The molecule has 1 heterocycles. The highest BCUT2D eigenvalue weighted by molar-refractivity contribution is 5.14. The molecule has 0 saturated carbocycles. The van der Waals surface area contributed by atoms with Gasteiger partial charge in [-0.05, 0) is 12.1 Å². The van der Waals surface area contributed by atoms with Crippen LogP contribution in [0.5, 0.6) is 0 Å². The average molecular weight is 234 g/mol. The number of likely N-dealkylation sites (N-methyl/N-ethyl adjacent to an activating group) is 1. The Hall–Kier alpha value is -0.900. The van der Waals surface area contributed by atoms with Crippen LogP contribution in [-0.2, 0) is 11.3 Å². The molecule has 1 saturated heterocycles. The van der Waals surface area contributed by atoms with Crippen molar-refractivity contribution in [2.75, 3.05) is 32.8 Å². The molecular formula is C14H22N2O. The molecule has 3 heteroatoms. The maximum absolute atomic E-state index is 5.74. The van der Waals surface area contributed by atoms with Crippen LogP contribution >= 0.6 is 0 Å². The van der Waals surface area contributed by atoms with Gasteiger partial charge >= 0.3 is 0 Å². The summed E-state index contributed by atoms with van der Waals surface area (Å²) < 4.78 is 5.74. The second kappa shape index (κ2) is 6.74. The van der Waals surface area contributed by atoms with E-state index in [1.807, 2.05) is 0 Å². The van der Waals surface area contributed by atoms with Crippen molar-refractivity contribution in [2.45, 2.75) is 19.6 Å². The smallest absolute Gasteiger partial charge is 0.0826 e. The Balaban J connectivity index is 1.81. The SMILES string of the molecule is CCNC[C@@H]1CN(Cc2ccccc2)CCO1. The van der Waals surface area contributed by atoms with E-state index in [1.54, 1.807) is 0 Å². The monoisotopic (exact) mass is 234 g/mol. The van der Waals surface area contributed by atoms with E-state index in [-0.39, 0.29) is 0 Å². The maximum atomic E-state index is 5.74. The first-order valence-electron chi connectivity index (χ1n) is 6.47. The van der Waals surface area contributed by atoms with Gasteiger partial charge in [0, 0.05) is 26.2 Å². The molecular weight excluding hydrogens is 212 g/mol. The molecule has 94 valence electrons. The van der Waals surface area contributed by atoms with E-state index in [4.69, 9.17) is 4.74 Å². The molecule has 1 aromatic carbocycles. The first-order chi connectivity index (χ1) is 8.38. The number of hydrogen-bond acceptors (Lipinski definition) is 3. The third-order valence-electron chi connectivity index (χ3n) is 3.09. The Morgan fingerprint density at radius 1 is 1.35 bits per heavy atom. The summed E-state index contributed by atoms with van der Waals surface area (Å²) in [5, 5.41) is 3.35. The summed E-state index contributed by atoms with van der Waals surface area (Å²) in [7, 11) is 0. The Morgan fingerprint density at radius 3 is 2.94 bits per heavy atom. The van der Waals surface area contributed by atoms with Crippen LogP contribution in [0.25, 0.3) is 0 Å². The number of ether oxygens (including phenoxy) is 1. The third kappa shape index (κ3) is 4.11. The maximum Gasteiger partial charge on any atom is 0.0826 e. The predicted molar refractivity (Wildman–Crippen MR) is 70.0 cm³/mol. The first-order valence-corrected chi connectivity index (χ1v) is 6.47. The van der Waals surface area contributed by atoms with E-state index in [0.29, 0.717) is 6.10 Å². The standard InChI is InChI=1S/C14H22N2O/c1-2-15-10-14-12-16(8-9-17-14)11-13-6-4-3-5-7-13/h3-7,14-15H,2,8-12H2,1H3/t14-/m1/s1. The van der Waals surface area contributed by atoms with Gasteiger partial charge in [-0.15, -0.1) is 0 Å². The topological polar surface area (TPSA) is 24.5 Å². The van der Waals surface area contributed by atoms with E-state index >= 15 is 0 Å². The highest BCUT2D eigenvalue weighted by atomic mass is 16.5. The Kier molecular flexibility index (Phi) is 4.98. The number of nitrogens with one attached hydrogen (secondary N) is 1. The molecule has 0 amide bonds. The zero-order valence-electron chi connectivity index (χ0n) is 10.6. The van der Waals surface area contributed by atoms with Gasteiger partial charge in [0.05, 0.1) is 12.7 Å². The van der Waals surface area contributed by atoms with Gasteiger partial charge in [0.1, 0.15) is 0 Å². The van der Waals surface area contributed by atoms with E-state index < -0.39 is 0 Å². The zero-order chi connectivity index (χ0) is 11.9. The van der Waals surface area contributed by atoms with Crippen molar-refractivity contribution in [3.63, 3.8) is 0 Å². The van der Waals surface area contributed by atoms with Gasteiger partial charge in [0.15, 0.2) is 0 Å². The van der Waals surface area contributed by atoms with Gasteiger partial charge in [0.2, 0.25) is 0 Å². The third-order valence-corrected chi connectivity index (χ3v) is 3.09. The van der Waals surface area contributed by atoms with E-state index in [0.717, 1.165) is 39.3 Å². The Morgan fingerprint density at radius 2 is 2.18 bits per heavy atom. The highest BCUT2D eigenvalue weighted by Gasteiger charge is 2.19. The Bertz CT molecular complexity index is 315. The van der Waals surface area contributed by atoms with Crippen LogP contribution in [0.15, 0.2) is 30.3 Å². The number of hydrogen-bond donors (Lipinski definition) is 1. The van der Waals surface area contributed by atoms with Crippen LogP contribution in [0.3, 0.4) is 0 Å². The minimum atomic E-state index is 0.340. The van der Waals surface area contributed by atoms with Crippen LogP contribution in [-0.4, -0.2) is 43.8 Å². The molecule has 0 aliphatic carbocycles. The molecule has 3 nitrogen and oxygen atoms in total. The molecule has 1 aromatic rings. The second-order valence-electron chi connectivity index (χ2n) is 4.52. The summed E-state index contributed by atoms with van der Waals surface area (Å²) in [6.45, 7) is 8.06. The number of morpholine rings is 1. The van der Waals surface area contributed by atoms with Crippen molar-refractivity contribution in [1.82, 2.24) is 10.2 Å². The molecule has 1 aliphatic heterocycles. The largest absolute Gasteiger partial charge is 0.374 e. The van der Waals surface area contributed by atoms with Crippen molar-refractivity contribution in [3.05, 3.63) is 35.9 Å². The minimum absolute atomic E-state index is 0.340. The van der Waals surface area contributed by atoms with Crippen molar-refractivity contribution < 1.29 is 4.74 Å². The van der Waals surface area contributed by atoms with Gasteiger partial charge in [-0.1, -0.05) is 37.3 Å². The quantitative estimate of drug-likeness (QED) is 0.835. The molecule has 17 heavy (non-hydrogen) atoms. The summed E-state index contributed by atoms with van der Waals surface area (Å²) in [6.07, 6.45) is 0.340. The fraction of sp³-hybridized carbons (Fsp3) is 0.571. The van der Waals surface area contributed by atoms with Crippen molar-refractivity contribution >= 4 is 0 Å². The number of nitrogens with zero attached hydrogens (tertiary/aromatic N) is 1. The zero-order valence-corrected chi connectivity index (χ0v) is 10.6.